The lowest BCUT2D eigenvalue weighted by Crippen LogP contribution is -2.58. The van der Waals surface area contributed by atoms with Crippen LogP contribution in [0.3, 0.4) is 0 Å². The van der Waals surface area contributed by atoms with Crippen molar-refractivity contribution < 1.29 is 33.2 Å². The van der Waals surface area contributed by atoms with Crippen LogP contribution in [0.2, 0.25) is 0 Å². The van der Waals surface area contributed by atoms with Crippen molar-refractivity contribution in [1.82, 2.24) is 0 Å². The van der Waals surface area contributed by atoms with Crippen LogP contribution >= 0.6 is 11.3 Å². The van der Waals surface area contributed by atoms with E-state index >= 15 is 0 Å². The zero-order valence-corrected chi connectivity index (χ0v) is 34.2. The largest absolute Gasteiger partial charge is 0.483 e. The van der Waals surface area contributed by atoms with Crippen molar-refractivity contribution in [3.05, 3.63) is 208 Å². The summed E-state index contributed by atoms with van der Waals surface area (Å²) in [6.07, 6.45) is -2.60. The quantitative estimate of drug-likeness (QED) is 0.0868. The van der Waals surface area contributed by atoms with E-state index in [4.69, 9.17) is 34.2 Å². The molecule has 8 nitrogen and oxygen atoms in total. The summed E-state index contributed by atoms with van der Waals surface area (Å²) in [7, 11) is 0. The van der Waals surface area contributed by atoms with Crippen LogP contribution < -0.4 is 10.5 Å². The van der Waals surface area contributed by atoms with Crippen LogP contribution in [-0.4, -0.2) is 43.5 Å². The lowest BCUT2D eigenvalue weighted by atomic mass is 9.89. The fourth-order valence-corrected chi connectivity index (χ4v) is 8.67. The Morgan fingerprint density at radius 1 is 0.567 bits per heavy atom. The van der Waals surface area contributed by atoms with E-state index < -0.39 is 36.4 Å². The van der Waals surface area contributed by atoms with Crippen LogP contribution in [0.5, 0.6) is 5.75 Å². The molecule has 5 atom stereocenters. The molecular formula is C51H49NO7S. The van der Waals surface area contributed by atoms with Gasteiger partial charge in [-0.1, -0.05) is 146 Å². The molecule has 0 saturated carbocycles. The van der Waals surface area contributed by atoms with E-state index in [0.29, 0.717) is 32.0 Å². The van der Waals surface area contributed by atoms with Gasteiger partial charge >= 0.3 is 0 Å². The maximum atomic E-state index is 12.2. The molecule has 8 rings (SSSR count). The highest BCUT2D eigenvalue weighted by molar-refractivity contribution is 7.19. The maximum Gasteiger partial charge on any atom is 0.255 e. The van der Waals surface area contributed by atoms with E-state index in [9.17, 15) is 4.79 Å². The number of primary amides is 1. The molecule has 2 heterocycles. The first kappa shape index (κ1) is 41.1. The third-order valence-corrected chi connectivity index (χ3v) is 11.6. The van der Waals surface area contributed by atoms with Gasteiger partial charge in [0.1, 0.15) is 36.3 Å². The van der Waals surface area contributed by atoms with E-state index in [2.05, 4.69) is 36.4 Å². The predicted octanol–water partition coefficient (Wildman–Crippen LogP) is 9.77. The first-order valence-corrected chi connectivity index (χ1v) is 21.1. The zero-order valence-electron chi connectivity index (χ0n) is 33.3. The van der Waals surface area contributed by atoms with Crippen molar-refractivity contribution >= 4 is 27.3 Å². The van der Waals surface area contributed by atoms with Crippen molar-refractivity contribution in [2.45, 2.75) is 63.4 Å². The van der Waals surface area contributed by atoms with Gasteiger partial charge in [0, 0.05) is 21.6 Å². The number of carbonyl (C=O) groups excluding carboxylic acids is 1. The molecule has 1 aliphatic heterocycles. The first-order valence-electron chi connectivity index (χ1n) is 20.3. The number of hydrogen-bond donors (Lipinski definition) is 1. The molecule has 0 aliphatic carbocycles. The Balaban J connectivity index is 1.21. The number of hydrogen-bond acceptors (Lipinski definition) is 8. The van der Waals surface area contributed by atoms with Crippen molar-refractivity contribution in [3.63, 3.8) is 0 Å². The molecule has 0 radical (unpaired) electrons. The second-order valence-electron chi connectivity index (χ2n) is 14.9. The van der Waals surface area contributed by atoms with Crippen molar-refractivity contribution in [2.75, 3.05) is 13.2 Å². The van der Waals surface area contributed by atoms with Crippen molar-refractivity contribution in [1.29, 1.82) is 0 Å². The summed E-state index contributed by atoms with van der Waals surface area (Å²) in [6.45, 7) is 1.21. The Bertz CT molecular complexity index is 2360. The summed E-state index contributed by atoms with van der Waals surface area (Å²) in [5.74, 6) is -0.107. The number of ether oxygens (including phenoxy) is 6. The monoisotopic (exact) mass is 819 g/mol. The van der Waals surface area contributed by atoms with Gasteiger partial charge in [0.15, 0.2) is 6.61 Å². The van der Waals surface area contributed by atoms with E-state index in [1.807, 2.05) is 133 Å². The molecule has 2 N–H and O–H groups in total. The number of rotatable bonds is 19. The van der Waals surface area contributed by atoms with Gasteiger partial charge in [-0.15, -0.1) is 11.3 Å². The Morgan fingerprint density at radius 2 is 1.10 bits per heavy atom. The van der Waals surface area contributed by atoms with Crippen LogP contribution in [-0.2, 0) is 61.3 Å². The van der Waals surface area contributed by atoms with Gasteiger partial charge in [0.05, 0.1) is 33.0 Å². The Kier molecular flexibility index (Phi) is 14.1. The first-order chi connectivity index (χ1) is 29.6. The smallest absolute Gasteiger partial charge is 0.255 e. The third kappa shape index (κ3) is 10.9. The Morgan fingerprint density at radius 3 is 1.68 bits per heavy atom. The van der Waals surface area contributed by atoms with Gasteiger partial charge < -0.3 is 34.2 Å². The second-order valence-corrected chi connectivity index (χ2v) is 16.1. The molecule has 1 aromatic heterocycles. The molecule has 6 aromatic carbocycles. The van der Waals surface area contributed by atoms with Gasteiger partial charge in [-0.2, -0.15) is 0 Å². The Hall–Kier alpha value is -5.65. The molecule has 1 aliphatic rings. The molecule has 9 heteroatoms. The molecule has 1 saturated heterocycles. The van der Waals surface area contributed by atoms with Crippen LogP contribution in [0.1, 0.15) is 44.4 Å². The molecule has 7 aromatic rings. The van der Waals surface area contributed by atoms with Crippen molar-refractivity contribution in [3.8, 4) is 5.75 Å². The van der Waals surface area contributed by atoms with E-state index in [-0.39, 0.29) is 19.8 Å². The summed E-state index contributed by atoms with van der Waals surface area (Å²) in [5, 5.41) is 1.21. The fourth-order valence-electron chi connectivity index (χ4n) is 7.58. The van der Waals surface area contributed by atoms with Crippen LogP contribution in [0.15, 0.2) is 170 Å². The summed E-state index contributed by atoms with van der Waals surface area (Å²) >= 11 is 1.77. The molecular weight excluding hydrogens is 771 g/mol. The van der Waals surface area contributed by atoms with E-state index in [1.165, 1.54) is 15.0 Å². The average molecular weight is 820 g/mol. The highest BCUT2D eigenvalue weighted by Crippen LogP contribution is 2.42. The molecule has 1 fully saturated rings. The molecule has 0 spiro atoms. The highest BCUT2D eigenvalue weighted by Gasteiger charge is 2.49. The number of amides is 1. The highest BCUT2D eigenvalue weighted by atomic mass is 32.1. The lowest BCUT2D eigenvalue weighted by molar-refractivity contribution is -0.275. The molecule has 60 heavy (non-hydrogen) atoms. The van der Waals surface area contributed by atoms with Gasteiger partial charge in [0.2, 0.25) is 0 Å². The van der Waals surface area contributed by atoms with E-state index in [0.717, 1.165) is 33.4 Å². The topological polar surface area (TPSA) is 98.5 Å². The summed E-state index contributed by atoms with van der Waals surface area (Å²) in [4.78, 5) is 13.4. The lowest BCUT2D eigenvalue weighted by Gasteiger charge is -2.46. The summed E-state index contributed by atoms with van der Waals surface area (Å²) in [6, 6.07) is 57.0. The van der Waals surface area contributed by atoms with Crippen LogP contribution in [0.4, 0.5) is 0 Å². The minimum absolute atomic E-state index is 0.209. The van der Waals surface area contributed by atoms with Gasteiger partial charge in [0.25, 0.3) is 5.91 Å². The molecule has 1 amide bonds. The SMILES string of the molecule is NC(=O)COc1ccc(Cc2cc3ccccc3s2)cc1[C@@H]1O[C@H](COCc2ccccc2)[C@@H](OCc2ccccc2)[C@H](OCc2ccccc2)[C@H]1OCc1ccccc1. The fraction of sp³-hybridized carbons (Fsp3) is 0.235. The van der Waals surface area contributed by atoms with Crippen molar-refractivity contribution in [2.24, 2.45) is 5.73 Å². The van der Waals surface area contributed by atoms with Crippen LogP contribution in [0.25, 0.3) is 10.1 Å². The Labute approximate surface area is 355 Å². The average Bonchev–Trinajstić information content (AvgIpc) is 3.70. The molecule has 306 valence electrons. The number of nitrogens with two attached hydrogens (primary N) is 1. The standard InChI is InChI=1S/C51H49NO7S/c52-47(53)35-55-44-26-25-40(27-42-29-41-23-13-14-24-46(41)60-42)28-43(44)48-50(57-32-38-19-9-3-10-20-38)51(58-33-39-21-11-4-12-22-39)49(56-31-37-17-7-2-8-18-37)45(59-48)34-54-30-36-15-5-1-6-16-36/h1-26,28-29,45,48-51H,27,30-35H2,(H2,52,53)/t45-,48+,49-,50+,51+/m1/s1. The number of benzene rings is 6. The van der Waals surface area contributed by atoms with Gasteiger partial charge in [-0.3, -0.25) is 4.79 Å². The second kappa shape index (κ2) is 20.5. The normalized spacial score (nSPS) is 19.0. The summed E-state index contributed by atoms with van der Waals surface area (Å²) < 4.78 is 42.0. The number of carbonyl (C=O) groups is 1. The van der Waals surface area contributed by atoms with Gasteiger partial charge in [-0.05, 0) is 57.5 Å². The third-order valence-electron chi connectivity index (χ3n) is 10.5. The van der Waals surface area contributed by atoms with Crippen LogP contribution in [0, 0.1) is 0 Å². The molecule has 0 unspecified atom stereocenters. The number of fused-ring (bicyclic) bond motifs is 1. The minimum Gasteiger partial charge on any atom is -0.483 e. The molecule has 0 bridgehead atoms. The number of thiophene rings is 1. The minimum atomic E-state index is -0.735. The van der Waals surface area contributed by atoms with Gasteiger partial charge in [-0.25, -0.2) is 0 Å². The maximum absolute atomic E-state index is 12.2. The predicted molar refractivity (Wildman–Crippen MR) is 235 cm³/mol. The zero-order chi connectivity index (χ0) is 40.9. The summed E-state index contributed by atoms with van der Waals surface area (Å²) in [5.41, 5.74) is 11.5. The van der Waals surface area contributed by atoms with E-state index in [1.54, 1.807) is 11.3 Å².